The molecule has 1 aromatic heterocycles. The maximum absolute atomic E-state index is 14.7. The average Bonchev–Trinajstić information content (AvgIpc) is 3.56. The second kappa shape index (κ2) is 12.6. The Morgan fingerprint density at radius 1 is 0.938 bits per heavy atom. The number of allylic oxidation sites excluding steroid dienone is 1. The Labute approximate surface area is 284 Å². The fourth-order valence-corrected chi connectivity index (χ4v) is 7.51. The number of thiazole rings is 1. The minimum Gasteiger partial charge on any atom is -0.497 e. The van der Waals surface area contributed by atoms with Crippen molar-refractivity contribution in [2.24, 2.45) is 4.99 Å². The van der Waals surface area contributed by atoms with Crippen LogP contribution in [-0.4, -0.2) is 30.6 Å². The van der Waals surface area contributed by atoms with Crippen LogP contribution in [0.4, 0.5) is 11.4 Å². The van der Waals surface area contributed by atoms with Crippen molar-refractivity contribution < 1.29 is 19.1 Å². The molecule has 240 valence electrons. The zero-order chi connectivity index (χ0) is 33.5. The fourth-order valence-electron chi connectivity index (χ4n) is 6.17. The molecule has 2 aliphatic rings. The Balaban J connectivity index is 1.44. The third kappa shape index (κ3) is 5.29. The van der Waals surface area contributed by atoms with Crippen molar-refractivity contribution in [3.63, 3.8) is 0 Å². The highest BCUT2D eigenvalue weighted by Crippen LogP contribution is 2.39. The molecule has 0 aliphatic carbocycles. The summed E-state index contributed by atoms with van der Waals surface area (Å²) >= 11 is 7.60. The van der Waals surface area contributed by atoms with Crippen molar-refractivity contribution in [1.29, 1.82) is 0 Å². The molecule has 7 rings (SSSR count). The number of fused-ring (bicyclic) bond motifs is 2. The van der Waals surface area contributed by atoms with Gasteiger partial charge in [-0.15, -0.1) is 0 Å². The summed E-state index contributed by atoms with van der Waals surface area (Å²) in [6.07, 6.45) is 0. The molecule has 5 aromatic rings. The number of nitrogens with one attached hydrogen (secondary N) is 1. The van der Waals surface area contributed by atoms with Crippen molar-refractivity contribution in [2.75, 3.05) is 24.4 Å². The fraction of sp³-hybridized carbons (Fsp3) is 0.135. The number of aromatic nitrogens is 1. The van der Waals surface area contributed by atoms with E-state index in [0.717, 1.165) is 16.9 Å². The molecule has 1 N–H and O–H groups in total. The molecule has 1 atom stereocenters. The molecule has 0 saturated heterocycles. The largest absolute Gasteiger partial charge is 0.497 e. The summed E-state index contributed by atoms with van der Waals surface area (Å²) in [5, 5.41) is 3.50. The molecule has 3 heterocycles. The van der Waals surface area contributed by atoms with Crippen LogP contribution >= 0.6 is 22.9 Å². The molecule has 0 bridgehead atoms. The molecular weight excluding hydrogens is 648 g/mol. The number of ether oxygens (including phenoxy) is 2. The summed E-state index contributed by atoms with van der Waals surface area (Å²) in [6, 6.07) is 28.1. The van der Waals surface area contributed by atoms with Gasteiger partial charge >= 0.3 is 0 Å². The smallest absolute Gasteiger partial charge is 0.271 e. The molecule has 48 heavy (non-hydrogen) atoms. The summed E-state index contributed by atoms with van der Waals surface area (Å²) in [4.78, 5) is 49.8. The Morgan fingerprint density at radius 3 is 2.42 bits per heavy atom. The monoisotopic (exact) mass is 676 g/mol. The Kier molecular flexibility index (Phi) is 8.20. The van der Waals surface area contributed by atoms with E-state index in [9.17, 15) is 14.4 Å². The van der Waals surface area contributed by atoms with Crippen LogP contribution in [0.3, 0.4) is 0 Å². The highest BCUT2D eigenvalue weighted by molar-refractivity contribution is 7.07. The number of para-hydroxylation sites is 2. The van der Waals surface area contributed by atoms with Gasteiger partial charge in [-0.05, 0) is 48.9 Å². The number of amides is 2. The van der Waals surface area contributed by atoms with Gasteiger partial charge in [0.2, 0.25) is 0 Å². The van der Waals surface area contributed by atoms with E-state index in [2.05, 4.69) is 5.32 Å². The van der Waals surface area contributed by atoms with Crippen LogP contribution < -0.4 is 34.6 Å². The van der Waals surface area contributed by atoms with Crippen LogP contribution in [0.1, 0.15) is 29.7 Å². The normalized spacial score (nSPS) is 16.3. The van der Waals surface area contributed by atoms with Crippen LogP contribution in [0.2, 0.25) is 5.02 Å². The lowest BCUT2D eigenvalue weighted by Gasteiger charge is -2.26. The topological polar surface area (TPSA) is 102 Å². The molecule has 0 unspecified atom stereocenters. The number of benzene rings is 4. The molecule has 4 aromatic carbocycles. The van der Waals surface area contributed by atoms with Crippen molar-refractivity contribution >= 4 is 51.7 Å². The van der Waals surface area contributed by atoms with Crippen LogP contribution in [0.5, 0.6) is 11.5 Å². The summed E-state index contributed by atoms with van der Waals surface area (Å²) in [5.41, 5.74) is 3.77. The van der Waals surface area contributed by atoms with Gasteiger partial charge in [-0.3, -0.25) is 19.0 Å². The SMILES string of the molecule is COc1ccc([C@@H]2C(C(=O)Nc3ccccc3)=C(C)N=c3s/c(=C4/C(=O)N(Cc5ccccc5Cl)c5ccccc54)c(=O)n32)c(OC)c1. The van der Waals surface area contributed by atoms with E-state index < -0.39 is 17.5 Å². The molecule has 0 saturated carbocycles. The quantitative estimate of drug-likeness (QED) is 0.247. The molecule has 0 fully saturated rings. The van der Waals surface area contributed by atoms with Crippen LogP contribution in [0.25, 0.3) is 5.57 Å². The standard InChI is InChI=1S/C37H29ClN4O5S/c1-21-30(34(43)40-23-12-5-4-6-13-23)32(26-18-17-24(46-2)19-29(26)47-3)42-36(45)33(48-37(42)39-21)31-25-14-8-10-16-28(25)41(35(31)44)20-22-11-7-9-15-27(22)38/h4-19,32H,20H2,1-3H3,(H,40,43)/b33-31+/t32-/m1/s1. The van der Waals surface area contributed by atoms with Crippen molar-refractivity contribution in [3.8, 4) is 11.5 Å². The highest BCUT2D eigenvalue weighted by Gasteiger charge is 2.38. The average molecular weight is 677 g/mol. The van der Waals surface area contributed by atoms with Crippen molar-refractivity contribution in [2.45, 2.75) is 19.5 Å². The van der Waals surface area contributed by atoms with E-state index in [-0.39, 0.29) is 28.1 Å². The minimum absolute atomic E-state index is 0.225. The van der Waals surface area contributed by atoms with Gasteiger partial charge in [0.05, 0.1) is 43.3 Å². The number of methoxy groups -OCH3 is 2. The zero-order valence-corrected chi connectivity index (χ0v) is 27.8. The van der Waals surface area contributed by atoms with Crippen molar-refractivity contribution in [1.82, 2.24) is 4.57 Å². The summed E-state index contributed by atoms with van der Waals surface area (Å²) < 4.78 is 12.9. The van der Waals surface area contributed by atoms with E-state index in [1.165, 1.54) is 11.7 Å². The van der Waals surface area contributed by atoms with E-state index >= 15 is 0 Å². The highest BCUT2D eigenvalue weighted by atomic mass is 35.5. The number of anilines is 2. The van der Waals surface area contributed by atoms with Gasteiger partial charge in [-0.2, -0.15) is 0 Å². The first kappa shape index (κ1) is 31.2. The van der Waals surface area contributed by atoms with Gasteiger partial charge in [0.25, 0.3) is 17.4 Å². The number of rotatable bonds is 7. The molecule has 2 amide bonds. The number of hydrogen-bond acceptors (Lipinski definition) is 7. The van der Waals surface area contributed by atoms with Crippen LogP contribution in [0.15, 0.2) is 118 Å². The number of carbonyl (C=O) groups excluding carboxylic acids is 2. The second-order valence-corrected chi connectivity index (χ2v) is 12.6. The Bertz CT molecular complexity index is 2330. The Morgan fingerprint density at radius 2 is 1.67 bits per heavy atom. The third-order valence-electron chi connectivity index (χ3n) is 8.45. The van der Waals surface area contributed by atoms with Crippen molar-refractivity contribution in [3.05, 3.63) is 150 Å². The van der Waals surface area contributed by atoms with Gasteiger partial charge in [0.15, 0.2) is 4.80 Å². The molecule has 11 heteroatoms. The lowest BCUT2D eigenvalue weighted by Crippen LogP contribution is -2.41. The molecule has 0 radical (unpaired) electrons. The van der Waals surface area contributed by atoms with Gasteiger partial charge in [-0.1, -0.05) is 77.5 Å². The van der Waals surface area contributed by atoms with E-state index in [0.29, 0.717) is 49.5 Å². The molecular formula is C37H29ClN4O5S. The number of carbonyl (C=O) groups is 2. The first-order chi connectivity index (χ1) is 23.3. The van der Waals surface area contributed by atoms with Crippen LogP contribution in [-0.2, 0) is 16.1 Å². The van der Waals surface area contributed by atoms with Gasteiger partial charge in [0.1, 0.15) is 22.1 Å². The first-order valence-corrected chi connectivity index (χ1v) is 16.3. The van der Waals surface area contributed by atoms with E-state index in [4.69, 9.17) is 26.1 Å². The van der Waals surface area contributed by atoms with Gasteiger partial charge in [-0.25, -0.2) is 4.99 Å². The number of halogens is 1. The maximum Gasteiger partial charge on any atom is 0.271 e. The molecule has 0 spiro atoms. The van der Waals surface area contributed by atoms with Gasteiger partial charge < -0.3 is 19.7 Å². The predicted molar refractivity (Wildman–Crippen MR) is 186 cm³/mol. The first-order valence-electron chi connectivity index (χ1n) is 15.1. The van der Waals surface area contributed by atoms with E-state index in [1.54, 1.807) is 55.3 Å². The molecule has 2 aliphatic heterocycles. The van der Waals surface area contributed by atoms with Crippen LogP contribution in [0, 0.1) is 0 Å². The number of nitrogens with zero attached hydrogens (tertiary/aromatic N) is 3. The number of hydrogen-bond donors (Lipinski definition) is 1. The second-order valence-electron chi connectivity index (χ2n) is 11.2. The predicted octanol–water partition coefficient (Wildman–Crippen LogP) is 5.46. The lowest BCUT2D eigenvalue weighted by atomic mass is 9.94. The van der Waals surface area contributed by atoms with E-state index in [1.807, 2.05) is 60.7 Å². The Hall–Kier alpha value is -5.45. The zero-order valence-electron chi connectivity index (χ0n) is 26.2. The third-order valence-corrected chi connectivity index (χ3v) is 9.87. The molecule has 9 nitrogen and oxygen atoms in total. The summed E-state index contributed by atoms with van der Waals surface area (Å²) in [7, 11) is 3.07. The lowest BCUT2D eigenvalue weighted by molar-refractivity contribution is -0.114. The van der Waals surface area contributed by atoms with Gasteiger partial charge in [0, 0.05) is 27.9 Å². The summed E-state index contributed by atoms with van der Waals surface area (Å²) in [5.74, 6) is 0.229. The minimum atomic E-state index is -0.925. The summed E-state index contributed by atoms with van der Waals surface area (Å²) in [6.45, 7) is 1.97. The maximum atomic E-state index is 14.7.